The lowest BCUT2D eigenvalue weighted by Crippen LogP contribution is -2.49. The van der Waals surface area contributed by atoms with E-state index in [1.165, 1.54) is 24.3 Å². The van der Waals surface area contributed by atoms with Crippen LogP contribution < -0.4 is 10.6 Å². The van der Waals surface area contributed by atoms with Gasteiger partial charge in [0.05, 0.1) is 17.1 Å². The average molecular weight is 392 g/mol. The molecule has 2 aromatic rings. The SMILES string of the molecule is Cc1noc(C)c1CNC(=O)c1cccc(S(=O)(=O)N2CCNC(=O)C2)c1. The highest BCUT2D eigenvalue weighted by Crippen LogP contribution is 2.18. The lowest BCUT2D eigenvalue weighted by atomic mass is 10.2. The molecule has 1 fully saturated rings. The van der Waals surface area contributed by atoms with E-state index in [-0.39, 0.29) is 42.5 Å². The third-order valence-electron chi connectivity index (χ3n) is 4.34. The van der Waals surface area contributed by atoms with Crippen molar-refractivity contribution in [2.24, 2.45) is 0 Å². The molecule has 1 aliphatic heterocycles. The summed E-state index contributed by atoms with van der Waals surface area (Å²) in [4.78, 5) is 23.9. The summed E-state index contributed by atoms with van der Waals surface area (Å²) in [5, 5.41) is 9.15. The fraction of sp³-hybridized carbons (Fsp3) is 0.353. The largest absolute Gasteiger partial charge is 0.361 e. The summed E-state index contributed by atoms with van der Waals surface area (Å²) in [5.74, 6) is -0.144. The molecule has 9 nitrogen and oxygen atoms in total. The number of aromatic nitrogens is 1. The van der Waals surface area contributed by atoms with Crippen molar-refractivity contribution in [3.63, 3.8) is 0 Å². The van der Waals surface area contributed by atoms with Gasteiger partial charge in [-0.15, -0.1) is 0 Å². The van der Waals surface area contributed by atoms with E-state index < -0.39 is 15.9 Å². The van der Waals surface area contributed by atoms with Crippen molar-refractivity contribution in [2.45, 2.75) is 25.3 Å². The van der Waals surface area contributed by atoms with E-state index >= 15 is 0 Å². The van der Waals surface area contributed by atoms with E-state index in [0.717, 1.165) is 9.87 Å². The molecule has 3 rings (SSSR count). The molecule has 0 saturated carbocycles. The molecule has 0 spiro atoms. The molecule has 0 radical (unpaired) electrons. The molecule has 27 heavy (non-hydrogen) atoms. The lowest BCUT2D eigenvalue weighted by molar-refractivity contribution is -0.122. The Morgan fingerprint density at radius 1 is 1.37 bits per heavy atom. The Kier molecular flexibility index (Phi) is 5.29. The predicted octanol–water partition coefficient (Wildman–Crippen LogP) is 0.342. The number of sulfonamides is 1. The van der Waals surface area contributed by atoms with Crippen molar-refractivity contribution >= 4 is 21.8 Å². The quantitative estimate of drug-likeness (QED) is 0.757. The monoisotopic (exact) mass is 392 g/mol. The van der Waals surface area contributed by atoms with Gasteiger partial charge in [0, 0.05) is 30.8 Å². The molecule has 1 aromatic heterocycles. The normalized spacial score (nSPS) is 15.4. The number of aryl methyl sites for hydroxylation is 2. The number of carbonyl (C=O) groups is 2. The average Bonchev–Trinajstić information content (AvgIpc) is 2.97. The van der Waals surface area contributed by atoms with Crippen LogP contribution in [0.4, 0.5) is 0 Å². The smallest absolute Gasteiger partial charge is 0.251 e. The minimum absolute atomic E-state index is 0.0258. The van der Waals surface area contributed by atoms with Gasteiger partial charge in [-0.05, 0) is 32.0 Å². The third-order valence-corrected chi connectivity index (χ3v) is 6.19. The Morgan fingerprint density at radius 3 is 2.81 bits per heavy atom. The maximum atomic E-state index is 12.7. The van der Waals surface area contributed by atoms with E-state index in [9.17, 15) is 18.0 Å². The van der Waals surface area contributed by atoms with Crippen LogP contribution in [-0.2, 0) is 21.4 Å². The number of nitrogens with one attached hydrogen (secondary N) is 2. The molecule has 2 N–H and O–H groups in total. The van der Waals surface area contributed by atoms with Gasteiger partial charge < -0.3 is 15.2 Å². The van der Waals surface area contributed by atoms with Gasteiger partial charge in [0.2, 0.25) is 15.9 Å². The molecule has 0 unspecified atom stereocenters. The maximum Gasteiger partial charge on any atom is 0.251 e. The second-order valence-electron chi connectivity index (χ2n) is 6.20. The zero-order chi connectivity index (χ0) is 19.6. The van der Waals surface area contributed by atoms with Crippen LogP contribution in [0.5, 0.6) is 0 Å². The van der Waals surface area contributed by atoms with E-state index in [0.29, 0.717) is 11.5 Å². The molecule has 2 heterocycles. The van der Waals surface area contributed by atoms with Gasteiger partial charge in [-0.1, -0.05) is 11.2 Å². The zero-order valence-corrected chi connectivity index (χ0v) is 15.8. The molecule has 1 saturated heterocycles. The van der Waals surface area contributed by atoms with Crippen molar-refractivity contribution in [1.82, 2.24) is 20.1 Å². The summed E-state index contributed by atoms with van der Waals surface area (Å²) >= 11 is 0. The fourth-order valence-electron chi connectivity index (χ4n) is 2.79. The standard InChI is InChI=1S/C17H20N4O5S/c1-11-15(12(2)26-20-11)9-19-17(23)13-4-3-5-14(8-13)27(24,25)21-7-6-18-16(22)10-21/h3-5,8H,6-7,9-10H2,1-2H3,(H,18,22)(H,19,23). The number of hydrogen-bond acceptors (Lipinski definition) is 6. The predicted molar refractivity (Wildman–Crippen MR) is 95.4 cm³/mol. The minimum Gasteiger partial charge on any atom is -0.361 e. The van der Waals surface area contributed by atoms with Crippen molar-refractivity contribution in [1.29, 1.82) is 0 Å². The maximum absolute atomic E-state index is 12.7. The second kappa shape index (κ2) is 7.49. The van der Waals surface area contributed by atoms with Crippen molar-refractivity contribution in [3.05, 3.63) is 46.8 Å². The number of hydrogen-bond donors (Lipinski definition) is 2. The van der Waals surface area contributed by atoms with Crippen LogP contribution in [0.1, 0.15) is 27.4 Å². The van der Waals surface area contributed by atoms with E-state index in [1.807, 2.05) is 0 Å². The number of amides is 2. The van der Waals surface area contributed by atoms with E-state index in [4.69, 9.17) is 4.52 Å². The first-order chi connectivity index (χ1) is 12.8. The number of piperazine rings is 1. The van der Waals surface area contributed by atoms with Crippen LogP contribution >= 0.6 is 0 Å². The number of rotatable bonds is 5. The minimum atomic E-state index is -3.86. The molecule has 0 bridgehead atoms. The van der Waals surface area contributed by atoms with Gasteiger partial charge >= 0.3 is 0 Å². The molecule has 1 aliphatic rings. The molecule has 10 heteroatoms. The molecular weight excluding hydrogens is 372 g/mol. The van der Waals surface area contributed by atoms with Gasteiger partial charge in [0.15, 0.2) is 0 Å². The van der Waals surface area contributed by atoms with Crippen LogP contribution in [0.2, 0.25) is 0 Å². The van der Waals surface area contributed by atoms with E-state index in [2.05, 4.69) is 15.8 Å². The van der Waals surface area contributed by atoms with Crippen LogP contribution in [0.25, 0.3) is 0 Å². The topological polar surface area (TPSA) is 122 Å². The highest BCUT2D eigenvalue weighted by Gasteiger charge is 2.29. The highest BCUT2D eigenvalue weighted by atomic mass is 32.2. The summed E-state index contributed by atoms with van der Waals surface area (Å²) in [6.45, 7) is 3.98. The first kappa shape index (κ1) is 19.1. The van der Waals surface area contributed by atoms with Crippen molar-refractivity contribution in [3.8, 4) is 0 Å². The number of benzene rings is 1. The number of nitrogens with zero attached hydrogens (tertiary/aromatic N) is 2. The molecule has 0 atom stereocenters. The molecule has 0 aliphatic carbocycles. The second-order valence-corrected chi connectivity index (χ2v) is 8.14. The Labute approximate surface area is 156 Å². The summed E-state index contributed by atoms with van der Waals surface area (Å²) < 4.78 is 31.6. The molecular formula is C17H20N4O5S. The van der Waals surface area contributed by atoms with Crippen LogP contribution in [-0.4, -0.2) is 49.3 Å². The third kappa shape index (κ3) is 4.01. The van der Waals surface area contributed by atoms with E-state index in [1.54, 1.807) is 13.8 Å². The van der Waals surface area contributed by atoms with Gasteiger partial charge in [-0.3, -0.25) is 9.59 Å². The Hall–Kier alpha value is -2.72. The molecule has 2 amide bonds. The van der Waals surface area contributed by atoms with Gasteiger partial charge in [-0.2, -0.15) is 4.31 Å². The van der Waals surface area contributed by atoms with Gasteiger partial charge in [-0.25, -0.2) is 8.42 Å². The Morgan fingerprint density at radius 2 is 2.15 bits per heavy atom. The van der Waals surface area contributed by atoms with Crippen LogP contribution in [0.3, 0.4) is 0 Å². The van der Waals surface area contributed by atoms with Gasteiger partial charge in [0.1, 0.15) is 5.76 Å². The van der Waals surface area contributed by atoms with Crippen molar-refractivity contribution < 1.29 is 22.5 Å². The zero-order valence-electron chi connectivity index (χ0n) is 15.0. The molecule has 1 aromatic carbocycles. The summed E-state index contributed by atoms with van der Waals surface area (Å²) in [6.07, 6.45) is 0. The highest BCUT2D eigenvalue weighted by molar-refractivity contribution is 7.89. The summed E-state index contributed by atoms with van der Waals surface area (Å²) in [7, 11) is -3.86. The Bertz CT molecular complexity index is 963. The van der Waals surface area contributed by atoms with Crippen molar-refractivity contribution in [2.75, 3.05) is 19.6 Å². The van der Waals surface area contributed by atoms with Gasteiger partial charge in [0.25, 0.3) is 5.91 Å². The fourth-order valence-corrected chi connectivity index (χ4v) is 4.24. The lowest BCUT2D eigenvalue weighted by Gasteiger charge is -2.26. The van der Waals surface area contributed by atoms with Crippen LogP contribution in [0.15, 0.2) is 33.7 Å². The first-order valence-corrected chi connectivity index (χ1v) is 9.80. The molecule has 144 valence electrons. The first-order valence-electron chi connectivity index (χ1n) is 8.36. The summed E-state index contributed by atoms with van der Waals surface area (Å²) in [6, 6.07) is 5.75. The van der Waals surface area contributed by atoms with Crippen LogP contribution in [0, 0.1) is 13.8 Å². The number of carbonyl (C=O) groups excluding carboxylic acids is 2. The Balaban J connectivity index is 1.76. The summed E-state index contributed by atoms with van der Waals surface area (Å²) in [5.41, 5.74) is 1.68.